The molecule has 9 nitrogen and oxygen atoms in total. The zero-order chi connectivity index (χ0) is 43.8. The van der Waals surface area contributed by atoms with Gasteiger partial charge in [0.05, 0.1) is 47.2 Å². The molecule has 0 fully saturated rings. The van der Waals surface area contributed by atoms with Crippen LogP contribution in [0, 0.1) is 0 Å². The Bertz CT molecular complexity index is 1710. The van der Waals surface area contributed by atoms with Crippen LogP contribution in [0.15, 0.2) is 54.6 Å². The Balaban J connectivity index is 0.000000680. The van der Waals surface area contributed by atoms with Crippen molar-refractivity contribution in [2.75, 3.05) is 0 Å². The molecule has 57 heavy (non-hydrogen) atoms. The fourth-order valence-corrected chi connectivity index (χ4v) is 8.04. The molecule has 0 radical (unpaired) electrons. The molecule has 0 saturated heterocycles. The lowest BCUT2D eigenvalue weighted by Crippen LogP contribution is -2.56. The van der Waals surface area contributed by atoms with Gasteiger partial charge in [-0.25, -0.2) is 0 Å². The van der Waals surface area contributed by atoms with Gasteiger partial charge in [-0.2, -0.15) is 34.8 Å². The second-order valence-electron chi connectivity index (χ2n) is 14.7. The molecule has 322 valence electrons. The summed E-state index contributed by atoms with van der Waals surface area (Å²) in [7, 11) is -7.93. The molecule has 3 aromatic carbocycles. The molecule has 0 aliphatic carbocycles. The molecule has 17 heteroatoms. The highest BCUT2D eigenvalue weighted by atomic mass is 32.2. The van der Waals surface area contributed by atoms with Gasteiger partial charge in [0.25, 0.3) is 0 Å². The van der Waals surface area contributed by atoms with E-state index < -0.39 is 42.1 Å². The number of hydrogen-bond donors (Lipinski definition) is 1. The minimum Gasteiger partial charge on any atom is -0.491 e. The highest BCUT2D eigenvalue weighted by Crippen LogP contribution is 2.50. The first-order chi connectivity index (χ1) is 26.0. The number of ether oxygens (including phenoxy) is 6. The summed E-state index contributed by atoms with van der Waals surface area (Å²) in [5.41, 5.74) is 0. The Morgan fingerprint density at radius 1 is 0.526 bits per heavy atom. The van der Waals surface area contributed by atoms with Crippen molar-refractivity contribution in [1.29, 1.82) is 0 Å². The van der Waals surface area contributed by atoms with Crippen molar-refractivity contribution in [3.63, 3.8) is 0 Å². The SMILES string of the molecule is CC(C)Oc1cc(OC(C)C)c(P(c2ccccc2)c2c(OC(C)C)cc(OC(C)C)cc2OC(C)C)c(OC(C)C)c1.CC(F)(F)C(F)(F)C(F)(F)S(=O)(=O)O. The normalized spacial score (nSPS) is 12.8. The van der Waals surface area contributed by atoms with Gasteiger partial charge in [-0.15, -0.1) is 0 Å². The van der Waals surface area contributed by atoms with Crippen molar-refractivity contribution in [1.82, 2.24) is 0 Å². The highest BCUT2D eigenvalue weighted by molar-refractivity contribution is 7.87. The molecular formula is C40H55F6O9PS. The molecule has 0 aromatic heterocycles. The summed E-state index contributed by atoms with van der Waals surface area (Å²) < 4.78 is 138. The number of halogens is 6. The predicted octanol–water partition coefficient (Wildman–Crippen LogP) is 9.93. The van der Waals surface area contributed by atoms with Crippen LogP contribution in [0.1, 0.15) is 90.0 Å². The van der Waals surface area contributed by atoms with Crippen LogP contribution in [-0.4, -0.2) is 66.7 Å². The molecule has 0 atom stereocenters. The van der Waals surface area contributed by atoms with Crippen molar-refractivity contribution in [2.24, 2.45) is 0 Å². The second kappa shape index (κ2) is 19.9. The first-order valence-electron chi connectivity index (χ1n) is 18.3. The van der Waals surface area contributed by atoms with Gasteiger partial charge < -0.3 is 28.4 Å². The zero-order valence-electron chi connectivity index (χ0n) is 34.5. The molecule has 3 aromatic rings. The van der Waals surface area contributed by atoms with Crippen LogP contribution in [0.5, 0.6) is 34.5 Å². The number of benzene rings is 3. The Morgan fingerprint density at radius 3 is 1.02 bits per heavy atom. The van der Waals surface area contributed by atoms with Gasteiger partial charge in [-0.3, -0.25) is 4.55 Å². The van der Waals surface area contributed by atoms with E-state index in [0.29, 0.717) is 34.5 Å². The van der Waals surface area contributed by atoms with Gasteiger partial charge in [0.15, 0.2) is 0 Å². The molecular weight excluding hydrogens is 801 g/mol. The first-order valence-corrected chi connectivity index (χ1v) is 21.1. The van der Waals surface area contributed by atoms with E-state index in [4.69, 9.17) is 33.0 Å². The number of alkyl halides is 6. The maximum atomic E-state index is 12.2. The minimum atomic E-state index is -6.61. The van der Waals surface area contributed by atoms with Crippen molar-refractivity contribution in [3.05, 3.63) is 54.6 Å². The third-order valence-corrected chi connectivity index (χ3v) is 10.4. The third-order valence-electron chi connectivity index (χ3n) is 6.92. The highest BCUT2D eigenvalue weighted by Gasteiger charge is 2.75. The van der Waals surface area contributed by atoms with E-state index in [1.54, 1.807) is 0 Å². The van der Waals surface area contributed by atoms with E-state index in [2.05, 4.69) is 24.3 Å². The van der Waals surface area contributed by atoms with E-state index in [1.807, 2.05) is 113 Å². The average Bonchev–Trinajstić information content (AvgIpc) is 3.01. The van der Waals surface area contributed by atoms with Gasteiger partial charge in [0.1, 0.15) is 34.5 Å². The fraction of sp³-hybridized carbons (Fsp3) is 0.550. The topological polar surface area (TPSA) is 110 Å². The van der Waals surface area contributed by atoms with Gasteiger partial charge >= 0.3 is 27.2 Å². The standard InChI is InChI=1S/C36H51O6P.C4H4F6O3S/c1-22(2)37-28-18-31(39-24(5)6)35(32(19-28)40-25(7)8)43(30-16-14-13-15-17-30)36-33(41-26(9)10)20-29(38-23(3)4)21-34(36)42-27(11)12;1-2(5,6)3(7,8)4(9,10)14(11,12)13/h13-27H,1-12H3;1H3,(H,11,12,13). The van der Waals surface area contributed by atoms with Gasteiger partial charge in [0.2, 0.25) is 0 Å². The lowest BCUT2D eigenvalue weighted by atomic mass is 10.2. The lowest BCUT2D eigenvalue weighted by molar-refractivity contribution is -0.273. The van der Waals surface area contributed by atoms with Crippen LogP contribution < -0.4 is 44.3 Å². The Kier molecular flexibility index (Phi) is 17.3. The molecule has 0 aliphatic heterocycles. The molecule has 0 bridgehead atoms. The third kappa shape index (κ3) is 13.5. The maximum Gasteiger partial charge on any atom is 0.437 e. The smallest absolute Gasteiger partial charge is 0.437 e. The van der Waals surface area contributed by atoms with E-state index >= 15 is 0 Å². The van der Waals surface area contributed by atoms with Crippen molar-refractivity contribution < 1.29 is 67.7 Å². The molecule has 3 rings (SSSR count). The van der Waals surface area contributed by atoms with Gasteiger partial charge in [0, 0.05) is 39.1 Å². The fourth-order valence-electron chi connectivity index (χ4n) is 4.98. The first kappa shape index (κ1) is 49.5. The monoisotopic (exact) mass is 856 g/mol. The Labute approximate surface area is 333 Å². The van der Waals surface area contributed by atoms with Gasteiger partial charge in [-0.1, -0.05) is 30.3 Å². The lowest BCUT2D eigenvalue weighted by Gasteiger charge is -2.30. The summed E-state index contributed by atoms with van der Waals surface area (Å²) in [4.78, 5) is 0. The van der Waals surface area contributed by atoms with Crippen molar-refractivity contribution in [3.8, 4) is 34.5 Å². The van der Waals surface area contributed by atoms with Crippen LogP contribution in [0.25, 0.3) is 0 Å². The largest absolute Gasteiger partial charge is 0.491 e. The summed E-state index contributed by atoms with van der Waals surface area (Å²) in [6, 6.07) is 18.4. The summed E-state index contributed by atoms with van der Waals surface area (Å²) in [5.74, 6) is -7.21. The summed E-state index contributed by atoms with van der Waals surface area (Å²) in [5, 5.41) is -3.24. The summed E-state index contributed by atoms with van der Waals surface area (Å²) in [6.07, 6.45) is -0.324. The van der Waals surface area contributed by atoms with Crippen LogP contribution in [0.2, 0.25) is 0 Å². The van der Waals surface area contributed by atoms with E-state index in [1.165, 1.54) is 0 Å². The van der Waals surface area contributed by atoms with E-state index in [9.17, 15) is 34.8 Å². The van der Waals surface area contributed by atoms with Gasteiger partial charge in [-0.05, 0) is 88.4 Å². The van der Waals surface area contributed by atoms with Crippen LogP contribution in [0.3, 0.4) is 0 Å². The minimum absolute atomic E-state index is 0.00845. The Hall–Kier alpha value is -3.62. The average molecular weight is 857 g/mol. The maximum absolute atomic E-state index is 12.2. The van der Waals surface area contributed by atoms with Crippen LogP contribution in [-0.2, 0) is 10.1 Å². The molecule has 0 saturated carbocycles. The molecule has 0 amide bonds. The molecule has 1 N–H and O–H groups in total. The molecule has 0 aliphatic rings. The van der Waals surface area contributed by atoms with Crippen LogP contribution >= 0.6 is 7.92 Å². The number of rotatable bonds is 18. The second-order valence-corrected chi connectivity index (χ2v) is 18.2. The van der Waals surface area contributed by atoms with Crippen molar-refractivity contribution in [2.45, 2.75) is 144 Å². The van der Waals surface area contributed by atoms with E-state index in [-0.39, 0.29) is 36.6 Å². The summed E-state index contributed by atoms with van der Waals surface area (Å²) in [6.45, 7) is 23.7. The predicted molar refractivity (Wildman–Crippen MR) is 212 cm³/mol. The number of hydrogen-bond acceptors (Lipinski definition) is 8. The Morgan fingerprint density at radius 2 is 0.807 bits per heavy atom. The molecule has 0 heterocycles. The zero-order valence-corrected chi connectivity index (χ0v) is 36.2. The van der Waals surface area contributed by atoms with Crippen molar-refractivity contribution >= 4 is 34.0 Å². The molecule has 0 spiro atoms. The quantitative estimate of drug-likeness (QED) is 0.0760. The molecule has 0 unspecified atom stereocenters. The van der Waals surface area contributed by atoms with E-state index in [0.717, 1.165) is 15.9 Å². The summed E-state index contributed by atoms with van der Waals surface area (Å²) >= 11 is 0. The van der Waals surface area contributed by atoms with Crippen LogP contribution in [0.4, 0.5) is 26.3 Å².